The summed E-state index contributed by atoms with van der Waals surface area (Å²) in [5, 5.41) is 2.26. The van der Waals surface area contributed by atoms with Gasteiger partial charge in [0, 0.05) is 16.5 Å². The summed E-state index contributed by atoms with van der Waals surface area (Å²) in [6.07, 6.45) is 0. The second-order valence-corrected chi connectivity index (χ2v) is 13.7. The van der Waals surface area contributed by atoms with Crippen molar-refractivity contribution in [1.82, 2.24) is 4.57 Å². The number of amides is 3. The molecule has 1 saturated heterocycles. The molecule has 11 heteroatoms. The molecule has 0 spiro atoms. The smallest absolute Gasteiger partial charge is 0.308 e. The van der Waals surface area contributed by atoms with Crippen molar-refractivity contribution in [2.45, 2.75) is 48.9 Å². The normalized spacial score (nSPS) is 19.7. The van der Waals surface area contributed by atoms with Gasteiger partial charge in [-0.05, 0) is 65.1 Å². The van der Waals surface area contributed by atoms with Gasteiger partial charge in [-0.3, -0.25) is 23.7 Å². The molecule has 4 aromatic rings. The van der Waals surface area contributed by atoms with Crippen molar-refractivity contribution in [3.63, 3.8) is 0 Å². The van der Waals surface area contributed by atoms with Crippen LogP contribution in [0.25, 0.3) is 0 Å². The molecule has 1 N–H and O–H groups in total. The van der Waals surface area contributed by atoms with Gasteiger partial charge >= 0.3 is 4.87 Å². The van der Waals surface area contributed by atoms with Gasteiger partial charge in [0.05, 0.1) is 16.6 Å². The number of nitrogens with one attached hydrogen (secondary N) is 1. The van der Waals surface area contributed by atoms with Gasteiger partial charge in [-0.15, -0.1) is 0 Å². The van der Waals surface area contributed by atoms with E-state index in [4.69, 9.17) is 0 Å². The number of thioether (sulfide) groups is 1. The van der Waals surface area contributed by atoms with Crippen LogP contribution in [0.15, 0.2) is 82.6 Å². The third kappa shape index (κ3) is 5.31. The first-order chi connectivity index (χ1) is 20.4. The molecule has 2 aliphatic rings. The number of fused-ring (bicyclic) bond motifs is 2. The largest absolute Gasteiger partial charge is 0.325 e. The van der Waals surface area contributed by atoms with Crippen LogP contribution in [0.3, 0.4) is 0 Å². The fourth-order valence-electron chi connectivity index (χ4n) is 5.53. The highest BCUT2D eigenvalue weighted by molar-refractivity contribution is 8.00. The maximum absolute atomic E-state index is 14.0. The lowest BCUT2D eigenvalue weighted by molar-refractivity contribution is -0.122. The Hall–Kier alpha value is -4.09. The van der Waals surface area contributed by atoms with Crippen LogP contribution < -0.4 is 15.1 Å². The molecular formula is C32H27F2N3O4S2. The van der Waals surface area contributed by atoms with Gasteiger partial charge in [-0.1, -0.05) is 68.1 Å². The van der Waals surface area contributed by atoms with E-state index in [1.807, 2.05) is 24.3 Å². The zero-order valence-electron chi connectivity index (χ0n) is 23.5. The van der Waals surface area contributed by atoms with E-state index in [0.29, 0.717) is 15.6 Å². The molecule has 1 aromatic heterocycles. The lowest BCUT2D eigenvalue weighted by atomic mass is 9.81. The van der Waals surface area contributed by atoms with Crippen LogP contribution in [0, 0.1) is 17.6 Å². The third-order valence-corrected chi connectivity index (χ3v) is 10.3. The van der Waals surface area contributed by atoms with Crippen molar-refractivity contribution >= 4 is 52.2 Å². The van der Waals surface area contributed by atoms with E-state index in [-0.39, 0.29) is 17.6 Å². The van der Waals surface area contributed by atoms with Gasteiger partial charge in [-0.25, -0.2) is 13.7 Å². The molecule has 3 unspecified atom stereocenters. The molecule has 7 nitrogen and oxygen atoms in total. The quantitative estimate of drug-likeness (QED) is 0.280. The summed E-state index contributed by atoms with van der Waals surface area (Å²) in [4.78, 5) is 55.4. The first kappa shape index (κ1) is 29.0. The van der Waals surface area contributed by atoms with E-state index in [9.17, 15) is 28.0 Å². The fraction of sp³-hybridized carbons (Fsp3) is 0.250. The van der Waals surface area contributed by atoms with E-state index in [1.165, 1.54) is 53.1 Å². The molecule has 0 saturated carbocycles. The Balaban J connectivity index is 1.41. The number of carbonyl (C=O) groups is 3. The minimum Gasteiger partial charge on any atom is -0.325 e. The van der Waals surface area contributed by atoms with Gasteiger partial charge in [0.25, 0.3) is 0 Å². The Labute approximate surface area is 254 Å². The molecule has 220 valence electrons. The van der Waals surface area contributed by atoms with Crippen LogP contribution in [-0.4, -0.2) is 27.5 Å². The Morgan fingerprint density at radius 3 is 2.07 bits per heavy atom. The minimum absolute atomic E-state index is 0.112. The predicted octanol–water partition coefficient (Wildman–Crippen LogP) is 5.92. The number of thiazole rings is 1. The Morgan fingerprint density at radius 1 is 0.860 bits per heavy atom. The summed E-state index contributed by atoms with van der Waals surface area (Å²) < 4.78 is 28.3. The number of imide groups is 1. The highest BCUT2D eigenvalue weighted by atomic mass is 32.2. The van der Waals surface area contributed by atoms with Crippen LogP contribution in [0.4, 0.5) is 20.2 Å². The first-order valence-corrected chi connectivity index (χ1v) is 15.3. The van der Waals surface area contributed by atoms with Gasteiger partial charge in [-0.2, -0.15) is 0 Å². The molecule has 0 radical (unpaired) electrons. The number of hydrogen-bond acceptors (Lipinski definition) is 6. The predicted molar refractivity (Wildman–Crippen MR) is 163 cm³/mol. The van der Waals surface area contributed by atoms with E-state index in [2.05, 4.69) is 26.1 Å². The average Bonchev–Trinajstić information content (AvgIpc) is 3.40. The summed E-state index contributed by atoms with van der Waals surface area (Å²) in [5.74, 6) is -3.74. The van der Waals surface area contributed by atoms with Gasteiger partial charge in [0.15, 0.2) is 0 Å². The fourth-order valence-corrected chi connectivity index (χ4v) is 8.30. The highest BCUT2D eigenvalue weighted by Gasteiger charge is 2.56. The lowest BCUT2D eigenvalue weighted by Crippen LogP contribution is -2.33. The second-order valence-electron chi connectivity index (χ2n) is 11.6. The molecule has 3 amide bonds. The van der Waals surface area contributed by atoms with E-state index in [0.717, 1.165) is 39.1 Å². The maximum Gasteiger partial charge on any atom is 0.308 e. The van der Waals surface area contributed by atoms with Crippen LogP contribution in [0.2, 0.25) is 0 Å². The molecule has 3 aromatic carbocycles. The number of rotatable bonds is 5. The van der Waals surface area contributed by atoms with Crippen molar-refractivity contribution in [1.29, 1.82) is 0 Å². The highest BCUT2D eigenvalue weighted by Crippen LogP contribution is 2.54. The number of hydrogen-bond donors (Lipinski definition) is 1. The number of halogens is 2. The first-order valence-electron chi connectivity index (χ1n) is 13.6. The van der Waals surface area contributed by atoms with Crippen LogP contribution >= 0.6 is 23.1 Å². The molecule has 6 rings (SSSR count). The topological polar surface area (TPSA) is 88.5 Å². The molecule has 0 aliphatic carbocycles. The molecular weight excluding hydrogens is 592 g/mol. The van der Waals surface area contributed by atoms with Crippen molar-refractivity contribution in [2.75, 3.05) is 10.2 Å². The number of carbonyl (C=O) groups excluding carboxylic acids is 3. The van der Waals surface area contributed by atoms with Crippen LogP contribution in [-0.2, 0) is 26.3 Å². The molecule has 43 heavy (non-hydrogen) atoms. The number of aromatic nitrogens is 1. The summed E-state index contributed by atoms with van der Waals surface area (Å²) in [6.45, 7) is 5.95. The standard InChI is InChI=1S/C32H27F2N3O4S2/c1-32(2,3)18-6-4-17(5-7-18)24-25-26(29(40)37(28(25)39)22-14-10-20(34)11-15-22)42-30-27(24)43-31(41)36(30)16-23(38)35-21-12-8-19(33)9-13-21/h4-15,24-26H,16H2,1-3H3,(H,35,38). The van der Waals surface area contributed by atoms with Crippen molar-refractivity contribution in [2.24, 2.45) is 5.92 Å². The van der Waals surface area contributed by atoms with Gasteiger partial charge in [0.2, 0.25) is 17.7 Å². The molecule has 3 atom stereocenters. The summed E-state index contributed by atoms with van der Waals surface area (Å²) in [6, 6.07) is 18.3. The van der Waals surface area contributed by atoms with Crippen molar-refractivity contribution < 1.29 is 23.2 Å². The molecule has 3 heterocycles. The Morgan fingerprint density at radius 2 is 1.47 bits per heavy atom. The third-order valence-electron chi connectivity index (χ3n) is 7.70. The maximum atomic E-state index is 14.0. The lowest BCUT2D eigenvalue weighted by Gasteiger charge is -2.31. The molecule has 0 bridgehead atoms. The number of benzene rings is 3. The summed E-state index contributed by atoms with van der Waals surface area (Å²) in [5.41, 5.74) is 2.39. The summed E-state index contributed by atoms with van der Waals surface area (Å²) >= 11 is 2.06. The van der Waals surface area contributed by atoms with Crippen molar-refractivity contribution in [3.8, 4) is 0 Å². The van der Waals surface area contributed by atoms with Gasteiger partial charge in [0.1, 0.15) is 23.4 Å². The van der Waals surface area contributed by atoms with Gasteiger partial charge < -0.3 is 5.32 Å². The van der Waals surface area contributed by atoms with Crippen LogP contribution in [0.1, 0.15) is 42.7 Å². The monoisotopic (exact) mass is 619 g/mol. The van der Waals surface area contributed by atoms with E-state index >= 15 is 0 Å². The average molecular weight is 620 g/mol. The SMILES string of the molecule is CC(C)(C)c1ccc(C2c3sc(=O)n(CC(=O)Nc4ccc(F)cc4)c3SC3C(=O)N(c4ccc(F)cc4)C(=O)C32)cc1. The number of nitrogens with zero attached hydrogens (tertiary/aromatic N) is 2. The van der Waals surface area contributed by atoms with Crippen molar-refractivity contribution in [3.05, 3.63) is 110 Å². The van der Waals surface area contributed by atoms with E-state index in [1.54, 1.807) is 0 Å². The number of anilines is 2. The zero-order chi connectivity index (χ0) is 30.6. The Kier molecular flexibility index (Phi) is 7.34. The zero-order valence-corrected chi connectivity index (χ0v) is 25.1. The minimum atomic E-state index is -0.863. The second kappa shape index (κ2) is 10.9. The molecule has 1 fully saturated rings. The summed E-state index contributed by atoms with van der Waals surface area (Å²) in [7, 11) is 0. The molecule has 2 aliphatic heterocycles. The van der Waals surface area contributed by atoms with Crippen LogP contribution in [0.5, 0.6) is 0 Å². The van der Waals surface area contributed by atoms with E-state index < -0.39 is 51.3 Å². The Bertz CT molecular complexity index is 1790.